The maximum atomic E-state index is 13.6. The molecule has 1 aromatic heterocycles. The van der Waals surface area contributed by atoms with Crippen molar-refractivity contribution in [2.75, 3.05) is 6.54 Å². The molecule has 0 N–H and O–H groups in total. The third-order valence-corrected chi connectivity index (χ3v) is 6.37. The molecule has 128 valence electrons. The number of nitrogens with zero attached hydrogens (tertiary/aromatic N) is 2. The van der Waals surface area contributed by atoms with E-state index in [1.165, 1.54) is 22.5 Å². The highest BCUT2D eigenvalue weighted by Crippen LogP contribution is 2.36. The summed E-state index contributed by atoms with van der Waals surface area (Å²) in [4.78, 5) is -0.0200. The van der Waals surface area contributed by atoms with Gasteiger partial charge in [-0.15, -0.1) is 0 Å². The molecule has 4 nitrogen and oxygen atoms in total. The van der Waals surface area contributed by atoms with Crippen LogP contribution in [0, 0.1) is 5.82 Å². The quantitative estimate of drug-likeness (QED) is 0.722. The Hall–Kier alpha value is -2.44. The number of halogens is 1. The molecule has 0 radical (unpaired) electrons. The molecule has 6 heteroatoms. The first-order valence-corrected chi connectivity index (χ1v) is 9.49. The topological polar surface area (TPSA) is 42.3 Å². The number of hydrogen-bond donors (Lipinski definition) is 0. The maximum absolute atomic E-state index is 13.6. The zero-order valence-corrected chi connectivity index (χ0v) is 14.2. The highest BCUT2D eigenvalue weighted by molar-refractivity contribution is 7.89. The van der Waals surface area contributed by atoms with Gasteiger partial charge in [-0.25, -0.2) is 12.8 Å². The number of sulfonamides is 1. The fourth-order valence-electron chi connectivity index (χ4n) is 3.36. The second kappa shape index (κ2) is 6.13. The normalized spacial score (nSPS) is 18.0. The van der Waals surface area contributed by atoms with Crippen LogP contribution >= 0.6 is 0 Å². The molecule has 2 heterocycles. The van der Waals surface area contributed by atoms with E-state index in [0.717, 1.165) is 17.3 Å². The first-order chi connectivity index (χ1) is 12.1. The van der Waals surface area contributed by atoms with Crippen LogP contribution in [0.2, 0.25) is 0 Å². The van der Waals surface area contributed by atoms with Crippen LogP contribution < -0.4 is 0 Å². The van der Waals surface area contributed by atoms with Gasteiger partial charge in [-0.2, -0.15) is 4.31 Å². The Kier molecular flexibility index (Phi) is 3.94. The Morgan fingerprint density at radius 2 is 1.72 bits per heavy atom. The summed E-state index contributed by atoms with van der Waals surface area (Å²) < 4.78 is 43.5. The van der Waals surface area contributed by atoms with Gasteiger partial charge >= 0.3 is 0 Å². The average Bonchev–Trinajstić information content (AvgIpc) is 3.10. The third-order valence-electron chi connectivity index (χ3n) is 4.51. The van der Waals surface area contributed by atoms with E-state index in [0.29, 0.717) is 13.1 Å². The van der Waals surface area contributed by atoms with Gasteiger partial charge in [0.2, 0.25) is 10.0 Å². The van der Waals surface area contributed by atoms with E-state index >= 15 is 0 Å². The molecular weight excluding hydrogens is 339 g/mol. The fraction of sp³-hybridized carbons (Fsp3) is 0.158. The molecule has 0 amide bonds. The van der Waals surface area contributed by atoms with E-state index < -0.39 is 21.9 Å². The molecule has 1 unspecified atom stereocenters. The van der Waals surface area contributed by atoms with Gasteiger partial charge in [0.25, 0.3) is 0 Å². The van der Waals surface area contributed by atoms with Gasteiger partial charge in [0, 0.05) is 25.0 Å². The summed E-state index contributed by atoms with van der Waals surface area (Å²) in [5, 5.41) is 0. The summed E-state index contributed by atoms with van der Waals surface area (Å²) in [6, 6.07) is 18.1. The van der Waals surface area contributed by atoms with E-state index in [2.05, 4.69) is 4.57 Å². The zero-order chi connectivity index (χ0) is 17.4. The van der Waals surface area contributed by atoms with Gasteiger partial charge in [0.15, 0.2) is 0 Å². The second-order valence-corrected chi connectivity index (χ2v) is 7.90. The van der Waals surface area contributed by atoms with Crippen molar-refractivity contribution >= 4 is 10.0 Å². The lowest BCUT2D eigenvalue weighted by molar-refractivity contribution is 0.298. The predicted molar refractivity (Wildman–Crippen MR) is 93.0 cm³/mol. The number of benzene rings is 2. The molecule has 0 bridgehead atoms. The van der Waals surface area contributed by atoms with Crippen molar-refractivity contribution in [1.29, 1.82) is 0 Å². The minimum absolute atomic E-state index is 0.0200. The number of rotatable bonds is 3. The summed E-state index contributed by atoms with van der Waals surface area (Å²) in [6.45, 7) is 0.903. The van der Waals surface area contributed by atoms with Crippen LogP contribution in [0.15, 0.2) is 77.8 Å². The smallest absolute Gasteiger partial charge is 0.244 e. The highest BCUT2D eigenvalue weighted by Gasteiger charge is 2.37. The second-order valence-electron chi connectivity index (χ2n) is 6.01. The molecule has 4 rings (SSSR count). The highest BCUT2D eigenvalue weighted by atomic mass is 32.2. The molecular formula is C19H17FN2O2S. The SMILES string of the molecule is O=S(=O)(c1cccc(F)c1)N1CCn2cccc2C1c1ccccc1. The Morgan fingerprint density at radius 1 is 0.920 bits per heavy atom. The van der Waals surface area contributed by atoms with E-state index in [-0.39, 0.29) is 4.90 Å². The third kappa shape index (κ3) is 2.77. The lowest BCUT2D eigenvalue weighted by atomic mass is 10.0. The summed E-state index contributed by atoms with van der Waals surface area (Å²) >= 11 is 0. The first kappa shape index (κ1) is 16.1. The van der Waals surface area contributed by atoms with Crippen molar-refractivity contribution in [2.45, 2.75) is 17.5 Å². The summed E-state index contributed by atoms with van der Waals surface area (Å²) in [6.07, 6.45) is 1.96. The van der Waals surface area contributed by atoms with Crippen LogP contribution in [0.4, 0.5) is 4.39 Å². The molecule has 0 aliphatic carbocycles. The van der Waals surface area contributed by atoms with Crippen molar-refractivity contribution in [3.63, 3.8) is 0 Å². The van der Waals surface area contributed by atoms with E-state index in [9.17, 15) is 12.8 Å². The van der Waals surface area contributed by atoms with Gasteiger partial charge in [-0.05, 0) is 35.9 Å². The van der Waals surface area contributed by atoms with Crippen LogP contribution in [0.25, 0.3) is 0 Å². The zero-order valence-electron chi connectivity index (χ0n) is 13.4. The van der Waals surface area contributed by atoms with Gasteiger partial charge in [0.05, 0.1) is 10.9 Å². The number of fused-ring (bicyclic) bond motifs is 1. The fourth-order valence-corrected chi connectivity index (χ4v) is 4.97. The van der Waals surface area contributed by atoms with Crippen molar-refractivity contribution in [3.05, 3.63) is 90.0 Å². The lowest BCUT2D eigenvalue weighted by Crippen LogP contribution is -2.42. The molecule has 0 spiro atoms. The van der Waals surface area contributed by atoms with Gasteiger partial charge < -0.3 is 4.57 Å². The molecule has 1 atom stereocenters. The molecule has 1 aliphatic heterocycles. The van der Waals surface area contributed by atoms with Crippen molar-refractivity contribution in [2.24, 2.45) is 0 Å². The van der Waals surface area contributed by atoms with Crippen LogP contribution in [0.5, 0.6) is 0 Å². The Labute approximate surface area is 146 Å². The monoisotopic (exact) mass is 356 g/mol. The van der Waals surface area contributed by atoms with Crippen molar-refractivity contribution in [3.8, 4) is 0 Å². The molecule has 0 saturated carbocycles. The standard InChI is InChI=1S/C19H17FN2O2S/c20-16-8-4-9-17(14-16)25(23,24)22-13-12-21-11-5-10-18(21)19(22)15-6-2-1-3-7-15/h1-11,14,19H,12-13H2. The van der Waals surface area contributed by atoms with Crippen molar-refractivity contribution < 1.29 is 12.8 Å². The van der Waals surface area contributed by atoms with E-state index in [1.54, 1.807) is 0 Å². The molecule has 2 aromatic carbocycles. The molecule has 3 aromatic rings. The Balaban J connectivity index is 1.86. The van der Waals surface area contributed by atoms with E-state index in [4.69, 9.17) is 0 Å². The first-order valence-electron chi connectivity index (χ1n) is 8.05. The van der Waals surface area contributed by atoms with Gasteiger partial charge in [0.1, 0.15) is 5.82 Å². The molecule has 0 saturated heterocycles. The summed E-state index contributed by atoms with van der Waals surface area (Å²) in [5.41, 5.74) is 1.81. The minimum Gasteiger partial charge on any atom is -0.348 e. The average molecular weight is 356 g/mol. The van der Waals surface area contributed by atoms with Crippen molar-refractivity contribution in [1.82, 2.24) is 8.87 Å². The molecule has 1 aliphatic rings. The lowest BCUT2D eigenvalue weighted by Gasteiger charge is -2.36. The molecule has 25 heavy (non-hydrogen) atoms. The van der Waals surface area contributed by atoms with Crippen LogP contribution in [0.3, 0.4) is 0 Å². The van der Waals surface area contributed by atoms with Crippen LogP contribution in [-0.2, 0) is 16.6 Å². The maximum Gasteiger partial charge on any atom is 0.244 e. The Morgan fingerprint density at radius 3 is 2.48 bits per heavy atom. The minimum atomic E-state index is -3.82. The molecule has 0 fully saturated rings. The van der Waals surface area contributed by atoms with Gasteiger partial charge in [-0.3, -0.25) is 0 Å². The van der Waals surface area contributed by atoms with Gasteiger partial charge in [-0.1, -0.05) is 36.4 Å². The predicted octanol–water partition coefficient (Wildman–Crippen LogP) is 3.42. The number of hydrogen-bond acceptors (Lipinski definition) is 2. The van der Waals surface area contributed by atoms with Crippen LogP contribution in [0.1, 0.15) is 17.3 Å². The Bertz CT molecular complexity index is 999. The summed E-state index contributed by atoms with van der Waals surface area (Å²) in [7, 11) is -3.82. The van der Waals surface area contributed by atoms with Crippen LogP contribution in [-0.4, -0.2) is 23.8 Å². The summed E-state index contributed by atoms with van der Waals surface area (Å²) in [5.74, 6) is -0.558. The number of aromatic nitrogens is 1. The largest absolute Gasteiger partial charge is 0.348 e. The van der Waals surface area contributed by atoms with E-state index in [1.807, 2.05) is 48.7 Å².